The molecule has 1 aliphatic rings. The van der Waals surface area contributed by atoms with Gasteiger partial charge in [-0.05, 0) is 24.6 Å². The Bertz CT molecular complexity index is 515. The van der Waals surface area contributed by atoms with Crippen molar-refractivity contribution in [3.63, 3.8) is 0 Å². The van der Waals surface area contributed by atoms with Gasteiger partial charge in [0.25, 0.3) is 5.91 Å². The van der Waals surface area contributed by atoms with Gasteiger partial charge in [-0.1, -0.05) is 6.07 Å². The molecule has 1 atom stereocenters. The zero-order valence-electron chi connectivity index (χ0n) is 10.6. The van der Waals surface area contributed by atoms with Crippen molar-refractivity contribution in [3.8, 4) is 5.75 Å². The third kappa shape index (κ3) is 2.68. The van der Waals surface area contributed by atoms with Crippen LogP contribution in [0.5, 0.6) is 5.75 Å². The number of rotatable bonds is 2. The van der Waals surface area contributed by atoms with Crippen LogP contribution >= 0.6 is 0 Å². The van der Waals surface area contributed by atoms with Crippen LogP contribution in [0.2, 0.25) is 0 Å². The lowest BCUT2D eigenvalue weighted by atomic mass is 10.1. The average Bonchev–Trinajstić information content (AvgIpc) is 2.41. The average molecular weight is 264 g/mol. The second-order valence-electron chi connectivity index (χ2n) is 4.56. The number of carboxylic acid groups (broad SMARTS) is 1. The standard InChI is InChI=1S/C13H16N2O4/c1-8-2-3-9(6-11(8)16)12(17)15-5-4-14-7-10(15)13(18)19/h2-3,6,10,14,16H,4-5,7H2,1H3,(H,18,19). The Labute approximate surface area is 110 Å². The summed E-state index contributed by atoms with van der Waals surface area (Å²) in [5.74, 6) is -1.37. The van der Waals surface area contributed by atoms with Crippen molar-refractivity contribution < 1.29 is 19.8 Å². The summed E-state index contributed by atoms with van der Waals surface area (Å²) in [6.45, 7) is 2.87. The molecular formula is C13H16N2O4. The Morgan fingerprint density at radius 3 is 2.79 bits per heavy atom. The Morgan fingerprint density at radius 2 is 2.16 bits per heavy atom. The van der Waals surface area contributed by atoms with Crippen molar-refractivity contribution in [1.82, 2.24) is 10.2 Å². The summed E-state index contributed by atoms with van der Waals surface area (Å²) < 4.78 is 0. The first-order chi connectivity index (χ1) is 9.00. The van der Waals surface area contributed by atoms with E-state index in [0.29, 0.717) is 24.2 Å². The first-order valence-electron chi connectivity index (χ1n) is 6.05. The van der Waals surface area contributed by atoms with Gasteiger partial charge in [0, 0.05) is 25.2 Å². The Balaban J connectivity index is 2.26. The van der Waals surface area contributed by atoms with E-state index in [-0.39, 0.29) is 18.2 Å². The number of amides is 1. The van der Waals surface area contributed by atoms with Gasteiger partial charge >= 0.3 is 5.97 Å². The van der Waals surface area contributed by atoms with Gasteiger partial charge in [0.1, 0.15) is 11.8 Å². The van der Waals surface area contributed by atoms with E-state index in [2.05, 4.69) is 5.32 Å². The molecule has 6 heteroatoms. The number of phenolic OH excluding ortho intramolecular Hbond substituents is 1. The van der Waals surface area contributed by atoms with E-state index in [4.69, 9.17) is 5.11 Å². The number of aliphatic carboxylic acids is 1. The highest BCUT2D eigenvalue weighted by molar-refractivity contribution is 5.97. The summed E-state index contributed by atoms with van der Waals surface area (Å²) in [7, 11) is 0. The molecule has 1 aromatic carbocycles. The molecular weight excluding hydrogens is 248 g/mol. The summed E-state index contributed by atoms with van der Waals surface area (Å²) in [5.41, 5.74) is 0.975. The van der Waals surface area contributed by atoms with Crippen LogP contribution in [0.3, 0.4) is 0 Å². The van der Waals surface area contributed by atoms with E-state index < -0.39 is 12.0 Å². The molecule has 3 N–H and O–H groups in total. The second-order valence-corrected chi connectivity index (χ2v) is 4.56. The molecule has 0 radical (unpaired) electrons. The van der Waals surface area contributed by atoms with E-state index >= 15 is 0 Å². The van der Waals surface area contributed by atoms with E-state index in [0.717, 1.165) is 0 Å². The van der Waals surface area contributed by atoms with Crippen LogP contribution < -0.4 is 5.32 Å². The summed E-state index contributed by atoms with van der Waals surface area (Å²) in [6, 6.07) is 3.74. The molecule has 0 aromatic heterocycles. The van der Waals surface area contributed by atoms with E-state index in [1.807, 2.05) is 0 Å². The van der Waals surface area contributed by atoms with Gasteiger partial charge in [-0.3, -0.25) is 4.79 Å². The lowest BCUT2D eigenvalue weighted by Crippen LogP contribution is -2.56. The third-order valence-corrected chi connectivity index (χ3v) is 3.25. The fraction of sp³-hybridized carbons (Fsp3) is 0.385. The molecule has 0 saturated carbocycles. The minimum absolute atomic E-state index is 0.0351. The van der Waals surface area contributed by atoms with Crippen LogP contribution in [0.25, 0.3) is 0 Å². The van der Waals surface area contributed by atoms with E-state index in [1.54, 1.807) is 19.1 Å². The molecule has 102 valence electrons. The molecule has 1 saturated heterocycles. The smallest absolute Gasteiger partial charge is 0.327 e. The van der Waals surface area contributed by atoms with Crippen molar-refractivity contribution in [2.24, 2.45) is 0 Å². The first kappa shape index (κ1) is 13.4. The maximum atomic E-state index is 12.3. The van der Waals surface area contributed by atoms with E-state index in [1.165, 1.54) is 11.0 Å². The summed E-state index contributed by atoms with van der Waals surface area (Å²) in [6.07, 6.45) is 0. The van der Waals surface area contributed by atoms with Crippen molar-refractivity contribution in [1.29, 1.82) is 0 Å². The fourth-order valence-corrected chi connectivity index (χ4v) is 2.08. The Morgan fingerprint density at radius 1 is 1.42 bits per heavy atom. The minimum Gasteiger partial charge on any atom is -0.508 e. The lowest BCUT2D eigenvalue weighted by molar-refractivity contribution is -0.142. The largest absolute Gasteiger partial charge is 0.508 e. The van der Waals surface area contributed by atoms with Gasteiger partial charge in [0.2, 0.25) is 0 Å². The highest BCUT2D eigenvalue weighted by atomic mass is 16.4. The highest BCUT2D eigenvalue weighted by Gasteiger charge is 2.32. The van der Waals surface area contributed by atoms with Gasteiger partial charge in [0.05, 0.1) is 0 Å². The molecule has 1 heterocycles. The molecule has 2 rings (SSSR count). The molecule has 1 unspecified atom stereocenters. The predicted molar refractivity (Wildman–Crippen MR) is 68.2 cm³/mol. The van der Waals surface area contributed by atoms with Crippen LogP contribution in [0.4, 0.5) is 0 Å². The summed E-state index contributed by atoms with van der Waals surface area (Å²) >= 11 is 0. The van der Waals surface area contributed by atoms with Crippen LogP contribution in [0.15, 0.2) is 18.2 Å². The van der Waals surface area contributed by atoms with Crippen molar-refractivity contribution in [2.75, 3.05) is 19.6 Å². The third-order valence-electron chi connectivity index (χ3n) is 3.25. The fourth-order valence-electron chi connectivity index (χ4n) is 2.08. The molecule has 1 aliphatic heterocycles. The van der Waals surface area contributed by atoms with Crippen LogP contribution in [-0.2, 0) is 4.79 Å². The SMILES string of the molecule is Cc1ccc(C(=O)N2CCNCC2C(=O)O)cc1O. The molecule has 6 nitrogen and oxygen atoms in total. The predicted octanol–water partition coefficient (Wildman–Crippen LogP) is 0.199. The monoisotopic (exact) mass is 264 g/mol. The number of aromatic hydroxyl groups is 1. The maximum absolute atomic E-state index is 12.3. The number of carbonyl (C=O) groups excluding carboxylic acids is 1. The zero-order chi connectivity index (χ0) is 14.0. The minimum atomic E-state index is -1.03. The summed E-state index contributed by atoms with van der Waals surface area (Å²) in [5, 5.41) is 21.7. The lowest BCUT2D eigenvalue weighted by Gasteiger charge is -2.33. The number of aryl methyl sites for hydroxylation is 1. The van der Waals surface area contributed by atoms with Gasteiger partial charge in [-0.15, -0.1) is 0 Å². The van der Waals surface area contributed by atoms with Gasteiger partial charge in [0.15, 0.2) is 0 Å². The highest BCUT2D eigenvalue weighted by Crippen LogP contribution is 2.19. The Kier molecular flexibility index (Phi) is 3.71. The number of nitrogens with zero attached hydrogens (tertiary/aromatic N) is 1. The molecule has 19 heavy (non-hydrogen) atoms. The van der Waals surface area contributed by atoms with Gasteiger partial charge in [-0.25, -0.2) is 4.79 Å². The number of piperazine rings is 1. The quantitative estimate of drug-likeness (QED) is 0.710. The van der Waals surface area contributed by atoms with Gasteiger partial charge in [-0.2, -0.15) is 0 Å². The maximum Gasteiger partial charge on any atom is 0.327 e. The first-order valence-corrected chi connectivity index (χ1v) is 6.05. The van der Waals surface area contributed by atoms with Crippen molar-refractivity contribution in [3.05, 3.63) is 29.3 Å². The van der Waals surface area contributed by atoms with E-state index in [9.17, 15) is 14.7 Å². The van der Waals surface area contributed by atoms with Crippen LogP contribution in [0.1, 0.15) is 15.9 Å². The van der Waals surface area contributed by atoms with Crippen molar-refractivity contribution >= 4 is 11.9 Å². The van der Waals surface area contributed by atoms with Gasteiger partial charge < -0.3 is 20.4 Å². The molecule has 0 aliphatic carbocycles. The van der Waals surface area contributed by atoms with Crippen LogP contribution in [0, 0.1) is 6.92 Å². The normalized spacial score (nSPS) is 19.2. The van der Waals surface area contributed by atoms with Crippen molar-refractivity contribution in [2.45, 2.75) is 13.0 Å². The Hall–Kier alpha value is -2.08. The number of carbonyl (C=O) groups is 2. The number of phenols is 1. The second kappa shape index (κ2) is 5.27. The number of benzene rings is 1. The molecule has 1 amide bonds. The number of nitrogens with one attached hydrogen (secondary N) is 1. The molecule has 0 bridgehead atoms. The molecule has 0 spiro atoms. The molecule has 1 aromatic rings. The molecule has 1 fully saturated rings. The van der Waals surface area contributed by atoms with Crippen LogP contribution in [-0.4, -0.2) is 52.7 Å². The summed E-state index contributed by atoms with van der Waals surface area (Å²) in [4.78, 5) is 24.8. The number of carboxylic acids is 1. The zero-order valence-corrected chi connectivity index (χ0v) is 10.6. The number of hydrogen-bond acceptors (Lipinski definition) is 4. The number of hydrogen-bond donors (Lipinski definition) is 3. The topological polar surface area (TPSA) is 89.9 Å².